The number of benzene rings is 2. The predicted molar refractivity (Wildman–Crippen MR) is 173 cm³/mol. The van der Waals surface area contributed by atoms with Crippen LogP contribution in [-0.4, -0.2) is 57.6 Å². The van der Waals surface area contributed by atoms with E-state index in [1.165, 1.54) is 44.6 Å². The molecule has 10 nitrogen and oxygen atoms in total. The molecule has 0 saturated carbocycles. The molecule has 0 spiro atoms. The fourth-order valence-electron chi connectivity index (χ4n) is 6.39. The van der Waals surface area contributed by atoms with Crippen molar-refractivity contribution in [2.24, 2.45) is 0 Å². The van der Waals surface area contributed by atoms with Crippen molar-refractivity contribution in [3.05, 3.63) is 73.1 Å². The minimum Gasteiger partial charge on any atom is -0.371 e. The fraction of sp³-hybridized carbons (Fsp3) is 0.324. The van der Waals surface area contributed by atoms with Gasteiger partial charge in [-0.2, -0.15) is 10.5 Å². The maximum Gasteiger partial charge on any atom is 0.247 e. The van der Waals surface area contributed by atoms with Crippen LogP contribution in [0.5, 0.6) is 0 Å². The van der Waals surface area contributed by atoms with Crippen LogP contribution in [0.2, 0.25) is 0 Å². The molecule has 10 heteroatoms. The largest absolute Gasteiger partial charge is 0.371 e. The first-order valence-corrected chi connectivity index (χ1v) is 15.1. The summed E-state index contributed by atoms with van der Waals surface area (Å²) in [5.41, 5.74) is 4.65. The summed E-state index contributed by atoms with van der Waals surface area (Å²) in [4.78, 5) is 26.6. The summed E-state index contributed by atoms with van der Waals surface area (Å²) in [6, 6.07) is 18.7. The number of nitrogens with one attached hydrogen (secondary N) is 2. The summed E-state index contributed by atoms with van der Waals surface area (Å²) >= 11 is 0. The molecule has 2 aromatic carbocycles. The molecule has 2 saturated heterocycles. The number of carbonyl (C=O) groups excluding carboxylic acids is 1. The Morgan fingerprint density at radius 1 is 1.05 bits per heavy atom. The molecule has 222 valence electrons. The van der Waals surface area contributed by atoms with E-state index in [-0.39, 0.29) is 18.4 Å². The number of para-hydroxylation sites is 1. The summed E-state index contributed by atoms with van der Waals surface area (Å²) in [6.45, 7) is 8.14. The molecule has 44 heavy (non-hydrogen) atoms. The molecule has 4 heterocycles. The third-order valence-corrected chi connectivity index (χ3v) is 8.62. The minimum absolute atomic E-state index is 0.174. The molecule has 2 N–H and O–H groups in total. The molecule has 0 radical (unpaired) electrons. The van der Waals surface area contributed by atoms with Gasteiger partial charge in [0.1, 0.15) is 12.6 Å². The van der Waals surface area contributed by atoms with E-state index in [2.05, 4.69) is 44.1 Å². The maximum atomic E-state index is 12.4. The highest BCUT2D eigenvalue weighted by Crippen LogP contribution is 2.35. The summed E-state index contributed by atoms with van der Waals surface area (Å²) in [5, 5.41) is 26.3. The Labute approximate surface area is 257 Å². The Morgan fingerprint density at radius 3 is 2.59 bits per heavy atom. The molecule has 4 aromatic rings. The van der Waals surface area contributed by atoms with E-state index in [1.54, 1.807) is 0 Å². The van der Waals surface area contributed by atoms with Crippen LogP contribution in [0.15, 0.2) is 67.5 Å². The van der Waals surface area contributed by atoms with Gasteiger partial charge in [0.15, 0.2) is 0 Å². The summed E-state index contributed by atoms with van der Waals surface area (Å²) in [6.07, 6.45) is 10.8. The first-order chi connectivity index (χ1) is 21.6. The molecule has 0 unspecified atom stereocenters. The number of aromatic nitrogens is 3. The molecule has 1 amide bonds. The van der Waals surface area contributed by atoms with Crippen LogP contribution < -0.4 is 15.5 Å². The molecule has 2 aliphatic rings. The topological polar surface area (TPSA) is 126 Å². The number of carbonyl (C=O) groups is 1. The van der Waals surface area contributed by atoms with Crippen LogP contribution in [0.3, 0.4) is 0 Å². The third-order valence-electron chi connectivity index (χ3n) is 8.62. The molecule has 2 aliphatic heterocycles. The molecular formula is C34H35N9O. The van der Waals surface area contributed by atoms with E-state index in [0.29, 0.717) is 28.7 Å². The lowest BCUT2D eigenvalue weighted by Gasteiger charge is -2.41. The highest BCUT2D eigenvalue weighted by atomic mass is 16.1. The van der Waals surface area contributed by atoms with Crippen LogP contribution in [0.1, 0.15) is 37.7 Å². The Bertz CT molecular complexity index is 1770. The maximum absolute atomic E-state index is 12.4. The van der Waals surface area contributed by atoms with E-state index < -0.39 is 0 Å². The average Bonchev–Trinajstić information content (AvgIpc) is 3.44. The Balaban J connectivity index is 1.28. The lowest BCUT2D eigenvalue weighted by Crippen LogP contribution is -2.46. The zero-order valence-electron chi connectivity index (χ0n) is 24.7. The van der Waals surface area contributed by atoms with Gasteiger partial charge in [0.05, 0.1) is 34.9 Å². The van der Waals surface area contributed by atoms with Gasteiger partial charge in [0, 0.05) is 47.5 Å². The van der Waals surface area contributed by atoms with E-state index in [0.717, 1.165) is 48.1 Å². The van der Waals surface area contributed by atoms with Crippen molar-refractivity contribution >= 4 is 39.8 Å². The smallest absolute Gasteiger partial charge is 0.247 e. The second-order valence-electron chi connectivity index (χ2n) is 11.3. The molecule has 2 aromatic heterocycles. The highest BCUT2D eigenvalue weighted by Gasteiger charge is 2.26. The number of piperidine rings is 2. The number of hydrogen-bond acceptors (Lipinski definition) is 8. The Morgan fingerprint density at radius 2 is 1.84 bits per heavy atom. The molecular weight excluding hydrogens is 550 g/mol. The SMILES string of the molecule is C=CC(=O)Nc1cc(N2CCC(N3CCCCC3)CC2)ccc1Nc1ncc(C#N)c(-c2cn(CC#N)c3ccccc23)n1. The van der Waals surface area contributed by atoms with Gasteiger partial charge in [-0.1, -0.05) is 31.2 Å². The van der Waals surface area contributed by atoms with Gasteiger partial charge < -0.3 is 25.0 Å². The molecule has 2 fully saturated rings. The highest BCUT2D eigenvalue weighted by molar-refractivity contribution is 6.02. The van der Waals surface area contributed by atoms with E-state index >= 15 is 0 Å². The Hall–Kier alpha value is -5.19. The van der Waals surface area contributed by atoms with Crippen molar-refractivity contribution in [1.82, 2.24) is 19.4 Å². The van der Waals surface area contributed by atoms with E-state index in [1.807, 2.05) is 53.2 Å². The zero-order chi connectivity index (χ0) is 30.5. The predicted octanol–water partition coefficient (Wildman–Crippen LogP) is 5.82. The van der Waals surface area contributed by atoms with Crippen molar-refractivity contribution in [2.45, 2.75) is 44.7 Å². The quantitative estimate of drug-likeness (QED) is 0.248. The van der Waals surface area contributed by atoms with Gasteiger partial charge in [-0.15, -0.1) is 0 Å². The second-order valence-corrected chi connectivity index (χ2v) is 11.3. The van der Waals surface area contributed by atoms with Crippen LogP contribution in [0, 0.1) is 22.7 Å². The number of nitriles is 2. The number of rotatable bonds is 8. The number of amides is 1. The van der Waals surface area contributed by atoms with Crippen LogP contribution >= 0.6 is 0 Å². The number of nitrogens with zero attached hydrogens (tertiary/aromatic N) is 7. The van der Waals surface area contributed by atoms with Gasteiger partial charge in [-0.25, -0.2) is 9.97 Å². The number of likely N-dealkylation sites (tertiary alicyclic amines) is 1. The van der Waals surface area contributed by atoms with Gasteiger partial charge in [-0.05, 0) is 69.1 Å². The van der Waals surface area contributed by atoms with Crippen molar-refractivity contribution < 1.29 is 4.79 Å². The summed E-state index contributed by atoms with van der Waals surface area (Å²) < 4.78 is 1.85. The van der Waals surface area contributed by atoms with E-state index in [4.69, 9.17) is 4.98 Å². The third kappa shape index (κ3) is 5.98. The molecule has 0 aliphatic carbocycles. The van der Waals surface area contributed by atoms with Crippen molar-refractivity contribution in [1.29, 1.82) is 10.5 Å². The lowest BCUT2D eigenvalue weighted by molar-refractivity contribution is -0.111. The summed E-state index contributed by atoms with van der Waals surface area (Å²) in [7, 11) is 0. The van der Waals surface area contributed by atoms with Gasteiger partial charge in [0.25, 0.3) is 0 Å². The number of anilines is 4. The lowest BCUT2D eigenvalue weighted by atomic mass is 9.99. The average molecular weight is 586 g/mol. The Kier molecular flexibility index (Phi) is 8.53. The van der Waals surface area contributed by atoms with Gasteiger partial charge >= 0.3 is 0 Å². The molecule has 6 rings (SSSR count). The fourth-order valence-corrected chi connectivity index (χ4v) is 6.39. The molecule has 0 bridgehead atoms. The van der Waals surface area contributed by atoms with Crippen molar-refractivity contribution in [3.63, 3.8) is 0 Å². The first-order valence-electron chi connectivity index (χ1n) is 15.1. The monoisotopic (exact) mass is 585 g/mol. The number of hydrogen-bond donors (Lipinski definition) is 2. The minimum atomic E-state index is -0.319. The normalized spacial score (nSPS) is 15.8. The standard InChI is InChI=1S/C34H35N9O/c1-2-32(44)38-30-20-26(42-17-12-25(13-18-42)41-15-6-3-7-16-41)10-11-29(30)39-34-37-22-24(21-36)33(40-34)28-23-43(19-14-35)31-9-5-4-8-27(28)31/h2,4-5,8-11,20,22-23,25H,1,3,6-7,12-13,15-19H2,(H,38,44)(H,37,39,40). The zero-order valence-corrected chi connectivity index (χ0v) is 24.7. The second kappa shape index (κ2) is 13.0. The van der Waals surface area contributed by atoms with Crippen LogP contribution in [0.25, 0.3) is 22.2 Å². The van der Waals surface area contributed by atoms with E-state index in [9.17, 15) is 15.3 Å². The summed E-state index contributed by atoms with van der Waals surface area (Å²) in [5.74, 6) is -0.0407. The number of fused-ring (bicyclic) bond motifs is 1. The van der Waals surface area contributed by atoms with Crippen LogP contribution in [-0.2, 0) is 11.3 Å². The van der Waals surface area contributed by atoms with Crippen molar-refractivity contribution in [2.75, 3.05) is 41.7 Å². The first kappa shape index (κ1) is 28.9. The van der Waals surface area contributed by atoms with Crippen molar-refractivity contribution in [3.8, 4) is 23.4 Å². The van der Waals surface area contributed by atoms with Gasteiger partial charge in [0.2, 0.25) is 11.9 Å². The molecule has 0 atom stereocenters. The van der Waals surface area contributed by atoms with Gasteiger partial charge in [-0.3, -0.25) is 4.79 Å². The van der Waals surface area contributed by atoms with Crippen LogP contribution in [0.4, 0.5) is 23.0 Å².